The van der Waals surface area contributed by atoms with Crippen LogP contribution in [0.5, 0.6) is 5.75 Å². The minimum atomic E-state index is -1.07. The number of rotatable bonds is 5. The number of thiocarbonyl (C=S) groups is 1. The maximum Gasteiger partial charge on any atom is 0.269 e. The lowest BCUT2D eigenvalue weighted by Gasteiger charge is -2.39. The Morgan fingerprint density at radius 3 is 2.42 bits per heavy atom. The van der Waals surface area contributed by atoms with Crippen molar-refractivity contribution in [3.05, 3.63) is 64.2 Å². The molecular weight excluding hydrogens is 504 g/mol. The molecule has 3 saturated heterocycles. The Kier molecular flexibility index (Phi) is 6.02. The maximum atomic E-state index is 13.8. The molecule has 2 aromatic rings. The van der Waals surface area contributed by atoms with Gasteiger partial charge in [-0.25, -0.2) is 4.90 Å². The zero-order valence-electron chi connectivity index (χ0n) is 20.0. The maximum absolute atomic E-state index is 13.8. The molecule has 0 saturated carbocycles. The highest BCUT2D eigenvalue weighted by Crippen LogP contribution is 2.52. The van der Waals surface area contributed by atoms with Crippen molar-refractivity contribution in [3.63, 3.8) is 0 Å². The van der Waals surface area contributed by atoms with Crippen molar-refractivity contribution in [1.29, 1.82) is 0 Å². The summed E-state index contributed by atoms with van der Waals surface area (Å²) in [7, 11) is 3.42. The number of imide groups is 1. The normalized spacial score (nSPS) is 27.6. The Hall–Kier alpha value is -3.06. The molecule has 10 nitrogen and oxygen atoms in total. The van der Waals surface area contributed by atoms with E-state index < -0.39 is 40.3 Å². The van der Waals surface area contributed by atoms with E-state index in [0.29, 0.717) is 21.3 Å². The van der Waals surface area contributed by atoms with E-state index in [1.165, 1.54) is 31.0 Å². The van der Waals surface area contributed by atoms with Crippen LogP contribution in [0.25, 0.3) is 0 Å². The largest absolute Gasteiger partial charge is 0.497 e. The van der Waals surface area contributed by atoms with Gasteiger partial charge in [-0.05, 0) is 43.7 Å². The van der Waals surface area contributed by atoms with Gasteiger partial charge in [0, 0.05) is 19.2 Å². The van der Waals surface area contributed by atoms with Gasteiger partial charge in [-0.1, -0.05) is 36.1 Å². The van der Waals surface area contributed by atoms with Crippen molar-refractivity contribution in [3.8, 4) is 5.75 Å². The molecule has 0 spiro atoms. The number of anilines is 1. The summed E-state index contributed by atoms with van der Waals surface area (Å²) in [4.78, 5) is 47.7. The number of benzene rings is 2. The number of carbonyl (C=O) groups excluding carboxylic acids is 2. The van der Waals surface area contributed by atoms with Crippen LogP contribution in [0, 0.1) is 16.0 Å². The third-order valence-corrected chi connectivity index (χ3v) is 9.13. The highest BCUT2D eigenvalue weighted by molar-refractivity contribution is 8.23. The van der Waals surface area contributed by atoms with Crippen molar-refractivity contribution < 1.29 is 24.1 Å². The second-order valence-electron chi connectivity index (χ2n) is 9.37. The monoisotopic (exact) mass is 528 g/mol. The van der Waals surface area contributed by atoms with E-state index >= 15 is 0 Å². The summed E-state index contributed by atoms with van der Waals surface area (Å²) in [5, 5.41) is 12.8. The minimum Gasteiger partial charge on any atom is -0.497 e. The lowest BCUT2D eigenvalue weighted by molar-refractivity contribution is -0.385. The molecule has 188 valence electrons. The molecule has 36 heavy (non-hydrogen) atoms. The predicted molar refractivity (Wildman–Crippen MR) is 137 cm³/mol. The fourth-order valence-electron chi connectivity index (χ4n) is 4.88. The molecule has 3 aliphatic heterocycles. The van der Waals surface area contributed by atoms with Gasteiger partial charge in [0.15, 0.2) is 6.10 Å². The summed E-state index contributed by atoms with van der Waals surface area (Å²) in [5.74, 6) is -1.20. The molecule has 0 aliphatic carbocycles. The van der Waals surface area contributed by atoms with Crippen molar-refractivity contribution in [2.45, 2.75) is 36.9 Å². The number of amides is 2. The van der Waals surface area contributed by atoms with Crippen molar-refractivity contribution in [1.82, 2.24) is 9.96 Å². The van der Waals surface area contributed by atoms with E-state index in [9.17, 15) is 19.7 Å². The average Bonchev–Trinajstić information content (AvgIpc) is 3.43. The Labute approximate surface area is 217 Å². The Morgan fingerprint density at radius 1 is 1.14 bits per heavy atom. The first-order valence-electron chi connectivity index (χ1n) is 11.2. The van der Waals surface area contributed by atoms with Crippen LogP contribution in [0.4, 0.5) is 11.4 Å². The number of thioether (sulfide) groups is 1. The molecule has 3 aliphatic rings. The number of hydrogen-bond donors (Lipinski definition) is 0. The second-order valence-corrected chi connectivity index (χ2v) is 11.1. The van der Waals surface area contributed by atoms with Crippen LogP contribution in [0.1, 0.15) is 25.5 Å². The number of ether oxygens (including phenoxy) is 1. The summed E-state index contributed by atoms with van der Waals surface area (Å²) >= 11 is 6.93. The molecule has 4 atom stereocenters. The summed E-state index contributed by atoms with van der Waals surface area (Å²) in [6.07, 6.45) is -1.07. The molecule has 5 rings (SSSR count). The number of hydroxylamine groups is 2. The molecule has 12 heteroatoms. The van der Waals surface area contributed by atoms with Crippen molar-refractivity contribution >= 4 is 51.5 Å². The van der Waals surface area contributed by atoms with Crippen LogP contribution in [0.2, 0.25) is 0 Å². The van der Waals surface area contributed by atoms with Crippen LogP contribution >= 0.6 is 24.0 Å². The van der Waals surface area contributed by atoms with Crippen molar-refractivity contribution in [2.24, 2.45) is 5.92 Å². The van der Waals surface area contributed by atoms with Gasteiger partial charge in [0.05, 0.1) is 35.2 Å². The third-order valence-electron chi connectivity index (χ3n) is 7.08. The number of likely N-dealkylation sites (N-methyl/N-ethyl adjacent to an activating group) is 1. The van der Waals surface area contributed by atoms with Gasteiger partial charge in [-0.15, -0.1) is 0 Å². The van der Waals surface area contributed by atoms with Crippen LogP contribution in [0.15, 0.2) is 48.5 Å². The van der Waals surface area contributed by atoms with E-state index in [-0.39, 0.29) is 11.1 Å². The fourth-order valence-corrected chi connectivity index (χ4v) is 6.71. The van der Waals surface area contributed by atoms with E-state index in [2.05, 4.69) is 0 Å². The molecule has 3 fully saturated rings. The number of nitro groups is 1. The molecule has 3 heterocycles. The molecule has 0 radical (unpaired) electrons. The molecular formula is C24H24N4O6S2. The predicted octanol–water partition coefficient (Wildman–Crippen LogP) is 3.52. The number of carbonyl (C=O) groups is 2. The standard InChI is InChI=1S/C24H24N4O6S2/c1-24(2)22(36-23(35)25(24)3)27-18(13-6-5-7-15(12-13)28(31)32)17-19(34-27)21(30)26(20(17)29)14-8-10-16(33-4)11-9-14/h5-12,17-19,22H,1-4H3. The first-order valence-corrected chi connectivity index (χ1v) is 12.5. The van der Waals surface area contributed by atoms with E-state index in [1.807, 2.05) is 25.8 Å². The first kappa shape index (κ1) is 24.6. The first-order chi connectivity index (χ1) is 17.1. The van der Waals surface area contributed by atoms with Gasteiger partial charge in [-0.3, -0.25) is 24.5 Å². The summed E-state index contributed by atoms with van der Waals surface area (Å²) < 4.78 is 5.84. The van der Waals surface area contributed by atoms with Gasteiger partial charge in [-0.2, -0.15) is 5.06 Å². The fraction of sp³-hybridized carbons (Fsp3) is 0.375. The van der Waals surface area contributed by atoms with Gasteiger partial charge in [0.2, 0.25) is 5.91 Å². The number of nitro benzene ring substituents is 1. The summed E-state index contributed by atoms with van der Waals surface area (Å²) in [5.41, 5.74) is 0.322. The second kappa shape index (κ2) is 8.80. The van der Waals surface area contributed by atoms with E-state index in [1.54, 1.807) is 41.5 Å². The number of hydrogen-bond acceptors (Lipinski definition) is 9. The topological polar surface area (TPSA) is 105 Å². The number of fused-ring (bicyclic) bond motifs is 1. The highest BCUT2D eigenvalue weighted by atomic mass is 32.2. The average molecular weight is 529 g/mol. The Morgan fingerprint density at radius 2 is 1.83 bits per heavy atom. The zero-order valence-corrected chi connectivity index (χ0v) is 21.6. The van der Waals surface area contributed by atoms with E-state index in [4.69, 9.17) is 21.8 Å². The lowest BCUT2D eigenvalue weighted by atomic mass is 9.89. The van der Waals surface area contributed by atoms with E-state index in [0.717, 1.165) is 4.90 Å². The molecule has 2 aromatic carbocycles. The molecule has 4 unspecified atom stereocenters. The summed E-state index contributed by atoms with van der Waals surface area (Å²) in [6, 6.07) is 12.0. The number of nitrogens with zero attached hydrogens (tertiary/aromatic N) is 4. The Bertz CT molecular complexity index is 1270. The molecule has 2 amide bonds. The quantitative estimate of drug-likeness (QED) is 0.248. The van der Waals surface area contributed by atoms with Gasteiger partial charge >= 0.3 is 0 Å². The number of non-ortho nitro benzene ring substituents is 1. The minimum absolute atomic E-state index is 0.106. The summed E-state index contributed by atoms with van der Waals surface area (Å²) in [6.45, 7) is 4.00. The van der Waals surface area contributed by atoms with Crippen LogP contribution in [-0.2, 0) is 14.4 Å². The van der Waals surface area contributed by atoms with Crippen LogP contribution < -0.4 is 9.64 Å². The van der Waals surface area contributed by atoms with Gasteiger partial charge in [0.25, 0.3) is 11.6 Å². The Balaban J connectivity index is 1.58. The van der Waals surface area contributed by atoms with Crippen LogP contribution in [0.3, 0.4) is 0 Å². The smallest absolute Gasteiger partial charge is 0.269 e. The van der Waals surface area contributed by atoms with Crippen molar-refractivity contribution in [2.75, 3.05) is 19.1 Å². The third kappa shape index (κ3) is 3.67. The molecule has 0 aromatic heterocycles. The highest BCUT2D eigenvalue weighted by Gasteiger charge is 2.63. The van der Waals surface area contributed by atoms with Gasteiger partial charge < -0.3 is 9.64 Å². The van der Waals surface area contributed by atoms with Crippen LogP contribution in [-0.4, -0.2) is 62.2 Å². The lowest BCUT2D eigenvalue weighted by Crippen LogP contribution is -2.51. The SMILES string of the molecule is COc1ccc(N2C(=O)C3ON(C4SC(=S)N(C)C4(C)C)C(c4cccc([N+](=O)[O-])c4)C3C2=O)cc1. The number of methoxy groups -OCH3 is 1. The molecule has 0 N–H and O–H groups in total. The zero-order chi connectivity index (χ0) is 25.9. The van der Waals surface area contributed by atoms with Gasteiger partial charge in [0.1, 0.15) is 15.4 Å². The molecule has 0 bridgehead atoms.